The van der Waals surface area contributed by atoms with Crippen LogP contribution in [0.3, 0.4) is 0 Å². The zero-order chi connectivity index (χ0) is 14.8. The molecule has 1 atom stereocenters. The lowest BCUT2D eigenvalue weighted by molar-refractivity contribution is 0.0718. The molecular formula is C16H24ClN3O. The number of carbonyl (C=O) groups excluding carboxylic acids is 1. The Bertz CT molecular complexity index is 504. The maximum atomic E-state index is 12.8. The predicted octanol–water partition coefficient (Wildman–Crippen LogP) is 2.94. The van der Waals surface area contributed by atoms with Gasteiger partial charge in [-0.2, -0.15) is 0 Å². The second-order valence-corrected chi connectivity index (χ2v) is 6.67. The van der Waals surface area contributed by atoms with Crippen LogP contribution in [0, 0.1) is 5.92 Å². The summed E-state index contributed by atoms with van der Waals surface area (Å²) in [6.45, 7) is 5.78. The number of hydrogen-bond donors (Lipinski definition) is 1. The molecule has 0 bridgehead atoms. The highest BCUT2D eigenvalue weighted by atomic mass is 35.5. The first-order valence-corrected chi connectivity index (χ1v) is 8.44. The second-order valence-electron chi connectivity index (χ2n) is 6.24. The lowest BCUT2D eigenvalue weighted by atomic mass is 9.99. The minimum atomic E-state index is 0.127. The number of carbonyl (C=O) groups is 1. The van der Waals surface area contributed by atoms with E-state index in [1.165, 1.54) is 12.8 Å². The van der Waals surface area contributed by atoms with Gasteiger partial charge in [-0.15, -0.1) is 0 Å². The van der Waals surface area contributed by atoms with E-state index < -0.39 is 0 Å². The van der Waals surface area contributed by atoms with Crippen molar-refractivity contribution < 1.29 is 4.79 Å². The number of nitrogens with one attached hydrogen (secondary N) is 1. The van der Waals surface area contributed by atoms with E-state index in [0.29, 0.717) is 17.0 Å². The van der Waals surface area contributed by atoms with Crippen LogP contribution >= 0.6 is 11.6 Å². The van der Waals surface area contributed by atoms with Gasteiger partial charge in [-0.25, -0.2) is 0 Å². The van der Waals surface area contributed by atoms with Crippen LogP contribution in [-0.4, -0.2) is 41.6 Å². The molecule has 4 nitrogen and oxygen atoms in total. The van der Waals surface area contributed by atoms with Gasteiger partial charge in [-0.3, -0.25) is 4.79 Å². The first-order chi connectivity index (χ1) is 10.2. The summed E-state index contributed by atoms with van der Waals surface area (Å²) < 4.78 is 2.08. The Kier molecular flexibility index (Phi) is 4.55. The summed E-state index contributed by atoms with van der Waals surface area (Å²) in [5.74, 6) is 0.698. The number of piperidine rings is 1. The molecule has 3 rings (SSSR count). The summed E-state index contributed by atoms with van der Waals surface area (Å²) in [6, 6.07) is 2.30. The fourth-order valence-corrected chi connectivity index (χ4v) is 3.39. The third-order valence-electron chi connectivity index (χ3n) is 4.52. The molecule has 1 N–H and O–H groups in total. The zero-order valence-corrected chi connectivity index (χ0v) is 13.4. The summed E-state index contributed by atoms with van der Waals surface area (Å²) >= 11 is 6.12. The van der Waals surface area contributed by atoms with Gasteiger partial charge < -0.3 is 14.8 Å². The summed E-state index contributed by atoms with van der Waals surface area (Å²) in [5.41, 5.74) is 0.758. The van der Waals surface area contributed by atoms with Gasteiger partial charge in [0.05, 0.1) is 5.02 Å². The molecule has 1 aromatic heterocycles. The van der Waals surface area contributed by atoms with Crippen molar-refractivity contribution in [2.24, 2.45) is 5.92 Å². The Hall–Kier alpha value is -1.00. The minimum absolute atomic E-state index is 0.127. The lowest BCUT2D eigenvalue weighted by Gasteiger charge is -2.29. The van der Waals surface area contributed by atoms with Gasteiger partial charge in [-0.05, 0) is 57.7 Å². The van der Waals surface area contributed by atoms with E-state index in [4.69, 9.17) is 11.6 Å². The molecule has 0 aromatic carbocycles. The number of halogens is 1. The summed E-state index contributed by atoms with van der Waals surface area (Å²) in [6.07, 6.45) is 6.64. The van der Waals surface area contributed by atoms with Crippen LogP contribution in [0.15, 0.2) is 12.3 Å². The van der Waals surface area contributed by atoms with Crippen LogP contribution in [-0.2, 0) is 0 Å². The zero-order valence-electron chi connectivity index (χ0n) is 12.6. The van der Waals surface area contributed by atoms with Crippen LogP contribution in [0.4, 0.5) is 0 Å². The Balaban J connectivity index is 1.72. The fourth-order valence-electron chi connectivity index (χ4n) is 3.18. The highest BCUT2D eigenvalue weighted by Gasteiger charge is 2.30. The van der Waals surface area contributed by atoms with Gasteiger partial charge in [0, 0.05) is 25.3 Å². The Morgan fingerprint density at radius 1 is 1.48 bits per heavy atom. The largest absolute Gasteiger partial charge is 0.339 e. The molecule has 1 unspecified atom stereocenters. The molecule has 5 heteroatoms. The number of rotatable bonds is 5. The maximum absolute atomic E-state index is 12.8. The van der Waals surface area contributed by atoms with E-state index in [1.54, 1.807) is 0 Å². The first kappa shape index (κ1) is 14.9. The molecule has 116 valence electrons. The van der Waals surface area contributed by atoms with Crippen molar-refractivity contribution >= 4 is 17.5 Å². The first-order valence-electron chi connectivity index (χ1n) is 8.06. The number of hydrogen-bond acceptors (Lipinski definition) is 2. The molecule has 21 heavy (non-hydrogen) atoms. The molecule has 1 aliphatic carbocycles. The normalized spacial score (nSPS) is 22.3. The van der Waals surface area contributed by atoms with E-state index in [2.05, 4.69) is 16.8 Å². The van der Waals surface area contributed by atoms with E-state index in [9.17, 15) is 4.79 Å². The maximum Gasteiger partial charge on any atom is 0.270 e. The highest BCUT2D eigenvalue weighted by molar-refractivity contribution is 6.31. The van der Waals surface area contributed by atoms with Crippen molar-refractivity contribution in [3.63, 3.8) is 0 Å². The van der Waals surface area contributed by atoms with E-state index in [-0.39, 0.29) is 5.91 Å². The van der Waals surface area contributed by atoms with Gasteiger partial charge >= 0.3 is 0 Å². The monoisotopic (exact) mass is 309 g/mol. The summed E-state index contributed by atoms with van der Waals surface area (Å²) in [5, 5.41) is 4.09. The third-order valence-corrected chi connectivity index (χ3v) is 4.73. The van der Waals surface area contributed by atoms with Crippen LogP contribution < -0.4 is 5.32 Å². The van der Waals surface area contributed by atoms with Gasteiger partial charge in [0.1, 0.15) is 5.69 Å². The SMILES string of the molecule is CCN(CC1CCCNC1)C(=O)c1cc(Cl)cn1C1CC1. The molecule has 1 aliphatic heterocycles. The van der Waals surface area contributed by atoms with Gasteiger partial charge in [-0.1, -0.05) is 11.6 Å². The molecule has 2 aliphatic rings. The van der Waals surface area contributed by atoms with E-state index in [0.717, 1.165) is 44.7 Å². The Labute approximate surface area is 131 Å². The van der Waals surface area contributed by atoms with Crippen LogP contribution in [0.2, 0.25) is 5.02 Å². The summed E-state index contributed by atoms with van der Waals surface area (Å²) in [4.78, 5) is 14.8. The van der Waals surface area contributed by atoms with E-state index >= 15 is 0 Å². The van der Waals surface area contributed by atoms with Crippen LogP contribution in [0.1, 0.15) is 49.1 Å². The molecule has 1 saturated heterocycles. The third kappa shape index (κ3) is 3.43. The molecule has 0 spiro atoms. The second kappa shape index (κ2) is 6.41. The number of nitrogens with zero attached hydrogens (tertiary/aromatic N) is 2. The number of aromatic nitrogens is 1. The van der Waals surface area contributed by atoms with Gasteiger partial charge in [0.25, 0.3) is 5.91 Å². The van der Waals surface area contributed by atoms with Crippen LogP contribution in [0.5, 0.6) is 0 Å². The van der Waals surface area contributed by atoms with E-state index in [1.807, 2.05) is 17.2 Å². The van der Waals surface area contributed by atoms with Crippen molar-refractivity contribution in [1.82, 2.24) is 14.8 Å². The van der Waals surface area contributed by atoms with Crippen molar-refractivity contribution in [3.05, 3.63) is 23.0 Å². The Morgan fingerprint density at radius 2 is 2.29 bits per heavy atom. The average Bonchev–Trinajstić information content (AvgIpc) is 3.27. The molecular weight excluding hydrogens is 286 g/mol. The summed E-state index contributed by atoms with van der Waals surface area (Å²) in [7, 11) is 0. The topological polar surface area (TPSA) is 37.3 Å². The van der Waals surface area contributed by atoms with Crippen molar-refractivity contribution in [2.45, 2.75) is 38.6 Å². The average molecular weight is 310 g/mol. The highest BCUT2D eigenvalue weighted by Crippen LogP contribution is 2.37. The molecule has 1 amide bonds. The minimum Gasteiger partial charge on any atom is -0.339 e. The smallest absolute Gasteiger partial charge is 0.270 e. The molecule has 2 heterocycles. The molecule has 0 radical (unpaired) electrons. The standard InChI is InChI=1S/C16H24ClN3O/c1-2-19(10-12-4-3-7-18-9-12)16(21)15-8-13(17)11-20(15)14-5-6-14/h8,11-12,14,18H,2-7,9-10H2,1H3. The Morgan fingerprint density at radius 3 is 2.90 bits per heavy atom. The molecule has 2 fully saturated rings. The molecule has 1 saturated carbocycles. The van der Waals surface area contributed by atoms with Crippen molar-refractivity contribution in [1.29, 1.82) is 0 Å². The predicted molar refractivity (Wildman–Crippen MR) is 84.9 cm³/mol. The van der Waals surface area contributed by atoms with Crippen molar-refractivity contribution in [3.8, 4) is 0 Å². The number of amides is 1. The lowest BCUT2D eigenvalue weighted by Crippen LogP contribution is -2.41. The van der Waals surface area contributed by atoms with Gasteiger partial charge in [0.15, 0.2) is 0 Å². The fraction of sp³-hybridized carbons (Fsp3) is 0.688. The van der Waals surface area contributed by atoms with Crippen LogP contribution in [0.25, 0.3) is 0 Å². The van der Waals surface area contributed by atoms with Crippen molar-refractivity contribution in [2.75, 3.05) is 26.2 Å². The molecule has 1 aromatic rings. The quantitative estimate of drug-likeness (QED) is 0.908. The van der Waals surface area contributed by atoms with Gasteiger partial charge in [0.2, 0.25) is 0 Å².